The Kier molecular flexibility index (Phi) is 4.14. The Morgan fingerprint density at radius 3 is 1.36 bits per heavy atom. The number of fused-ring (bicyclic) bond motifs is 2. The molecule has 0 saturated carbocycles. The molecule has 0 radical (unpaired) electrons. The quantitative estimate of drug-likeness (QED) is 0.425. The van der Waals surface area contributed by atoms with Crippen LogP contribution < -0.4 is 0 Å². The summed E-state index contributed by atoms with van der Waals surface area (Å²) in [5.74, 6) is 0.357. The van der Waals surface area contributed by atoms with Gasteiger partial charge >= 0.3 is 0 Å². The number of carbonyl (C=O) groups excluding carboxylic acids is 1. The predicted molar refractivity (Wildman–Crippen MR) is 113 cm³/mol. The van der Waals surface area contributed by atoms with E-state index in [9.17, 15) is 4.79 Å². The molecule has 0 saturated heterocycles. The maximum atomic E-state index is 13.1. The molecular formula is C27H20O. The molecule has 28 heavy (non-hydrogen) atoms. The number of hydrogen-bond acceptors (Lipinski definition) is 1. The van der Waals surface area contributed by atoms with Crippen LogP contribution in [0.4, 0.5) is 0 Å². The lowest BCUT2D eigenvalue weighted by Gasteiger charge is -2.34. The molecule has 1 aliphatic carbocycles. The minimum atomic E-state index is 0.0925. The third-order valence-corrected chi connectivity index (χ3v) is 5.73. The maximum absolute atomic E-state index is 13.1. The van der Waals surface area contributed by atoms with Gasteiger partial charge in [0.15, 0.2) is 5.78 Å². The van der Waals surface area contributed by atoms with Crippen molar-refractivity contribution in [2.24, 2.45) is 0 Å². The smallest absolute Gasteiger partial charge is 0.193 e. The van der Waals surface area contributed by atoms with E-state index < -0.39 is 0 Å². The molecule has 0 fully saturated rings. The second-order valence-electron chi connectivity index (χ2n) is 7.28. The summed E-state index contributed by atoms with van der Waals surface area (Å²) in [6.07, 6.45) is 0. The lowest BCUT2D eigenvalue weighted by Crippen LogP contribution is -2.24. The van der Waals surface area contributed by atoms with Crippen molar-refractivity contribution in [3.8, 4) is 0 Å². The van der Waals surface area contributed by atoms with Crippen molar-refractivity contribution in [3.63, 3.8) is 0 Å². The summed E-state index contributed by atoms with van der Waals surface area (Å²) < 4.78 is 0. The molecule has 0 spiro atoms. The van der Waals surface area contributed by atoms with Crippen molar-refractivity contribution < 1.29 is 4.79 Å². The van der Waals surface area contributed by atoms with Crippen LogP contribution in [0.3, 0.4) is 0 Å². The first-order valence-electron chi connectivity index (χ1n) is 9.67. The summed E-state index contributed by atoms with van der Waals surface area (Å²) in [5.41, 5.74) is 6.40. The molecule has 1 aliphatic rings. The number of carbonyl (C=O) groups is 1. The highest BCUT2D eigenvalue weighted by atomic mass is 16.1. The zero-order valence-electron chi connectivity index (χ0n) is 15.5. The molecule has 0 unspecified atom stereocenters. The van der Waals surface area contributed by atoms with Crippen LogP contribution in [0.15, 0.2) is 109 Å². The summed E-state index contributed by atoms with van der Waals surface area (Å²) in [5, 5.41) is 0. The molecule has 0 aliphatic heterocycles. The average molecular weight is 360 g/mol. The van der Waals surface area contributed by atoms with Crippen LogP contribution in [0.1, 0.15) is 50.0 Å². The van der Waals surface area contributed by atoms with Crippen molar-refractivity contribution >= 4 is 5.78 Å². The number of benzene rings is 4. The SMILES string of the molecule is O=C1c2ccccc2C(C(c2ccccc2)c2ccccc2)c2ccccc21. The van der Waals surface area contributed by atoms with Crippen molar-refractivity contribution in [1.29, 1.82) is 0 Å². The standard InChI is InChI=1S/C27H20O/c28-27-23-17-9-7-15-21(23)26(22-16-8-10-18-24(22)27)25(19-11-3-1-4-12-19)20-13-5-2-6-14-20/h1-18,25-26H. The van der Waals surface area contributed by atoms with Gasteiger partial charge in [0, 0.05) is 23.0 Å². The van der Waals surface area contributed by atoms with Gasteiger partial charge in [0.1, 0.15) is 0 Å². The second-order valence-corrected chi connectivity index (χ2v) is 7.28. The lowest BCUT2D eigenvalue weighted by atomic mass is 9.68. The predicted octanol–water partition coefficient (Wildman–Crippen LogP) is 6.20. The Hall–Kier alpha value is -3.45. The summed E-state index contributed by atoms with van der Waals surface area (Å²) in [6.45, 7) is 0. The third-order valence-electron chi connectivity index (χ3n) is 5.73. The molecule has 0 amide bonds. The van der Waals surface area contributed by atoms with Crippen LogP contribution in [-0.4, -0.2) is 5.78 Å². The van der Waals surface area contributed by atoms with Gasteiger partial charge in [0.2, 0.25) is 0 Å². The van der Waals surface area contributed by atoms with Crippen molar-refractivity contribution in [3.05, 3.63) is 143 Å². The minimum absolute atomic E-state index is 0.0925. The molecule has 134 valence electrons. The van der Waals surface area contributed by atoms with E-state index in [1.54, 1.807) is 0 Å². The fourth-order valence-corrected chi connectivity index (χ4v) is 4.52. The maximum Gasteiger partial charge on any atom is 0.193 e. The Bertz CT molecular complexity index is 1040. The Morgan fingerprint density at radius 1 is 0.500 bits per heavy atom. The fourth-order valence-electron chi connectivity index (χ4n) is 4.52. The molecule has 0 atom stereocenters. The largest absolute Gasteiger partial charge is 0.289 e. The van der Waals surface area contributed by atoms with Crippen LogP contribution in [-0.2, 0) is 0 Å². The van der Waals surface area contributed by atoms with E-state index in [1.165, 1.54) is 11.1 Å². The van der Waals surface area contributed by atoms with Gasteiger partial charge in [-0.25, -0.2) is 0 Å². The molecule has 5 rings (SSSR count). The van der Waals surface area contributed by atoms with Crippen molar-refractivity contribution in [2.75, 3.05) is 0 Å². The molecular weight excluding hydrogens is 340 g/mol. The van der Waals surface area contributed by atoms with Gasteiger partial charge in [0.25, 0.3) is 0 Å². The van der Waals surface area contributed by atoms with Gasteiger partial charge in [-0.2, -0.15) is 0 Å². The Morgan fingerprint density at radius 2 is 0.893 bits per heavy atom. The van der Waals surface area contributed by atoms with Gasteiger partial charge in [-0.15, -0.1) is 0 Å². The topological polar surface area (TPSA) is 17.1 Å². The van der Waals surface area contributed by atoms with Crippen LogP contribution in [0.2, 0.25) is 0 Å². The molecule has 0 heterocycles. The van der Waals surface area contributed by atoms with Crippen LogP contribution in [0.5, 0.6) is 0 Å². The zero-order valence-corrected chi connectivity index (χ0v) is 15.5. The van der Waals surface area contributed by atoms with Crippen LogP contribution in [0.25, 0.3) is 0 Å². The molecule has 1 heteroatoms. The highest BCUT2D eigenvalue weighted by molar-refractivity contribution is 6.12. The van der Waals surface area contributed by atoms with Crippen LogP contribution >= 0.6 is 0 Å². The lowest BCUT2D eigenvalue weighted by molar-refractivity contribution is 0.103. The van der Waals surface area contributed by atoms with Gasteiger partial charge in [-0.1, -0.05) is 109 Å². The summed E-state index contributed by atoms with van der Waals surface area (Å²) in [7, 11) is 0. The molecule has 0 N–H and O–H groups in total. The second kappa shape index (κ2) is 6.94. The summed E-state index contributed by atoms with van der Waals surface area (Å²) in [4.78, 5) is 13.1. The first kappa shape index (κ1) is 16.7. The van der Waals surface area contributed by atoms with E-state index >= 15 is 0 Å². The minimum Gasteiger partial charge on any atom is -0.289 e. The summed E-state index contributed by atoms with van der Waals surface area (Å²) in [6, 6.07) is 37.4. The molecule has 0 aromatic heterocycles. The fraction of sp³-hybridized carbons (Fsp3) is 0.0741. The van der Waals surface area contributed by atoms with Gasteiger partial charge in [-0.05, 0) is 22.3 Å². The normalized spacial score (nSPS) is 13.2. The van der Waals surface area contributed by atoms with E-state index in [4.69, 9.17) is 0 Å². The summed E-state index contributed by atoms with van der Waals surface area (Å²) >= 11 is 0. The van der Waals surface area contributed by atoms with E-state index in [2.05, 4.69) is 72.8 Å². The van der Waals surface area contributed by atoms with Crippen molar-refractivity contribution in [1.82, 2.24) is 0 Å². The number of hydrogen-bond donors (Lipinski definition) is 0. The first-order chi connectivity index (χ1) is 13.8. The van der Waals surface area contributed by atoms with Gasteiger partial charge in [0.05, 0.1) is 0 Å². The zero-order chi connectivity index (χ0) is 18.9. The van der Waals surface area contributed by atoms with Gasteiger partial charge in [-0.3, -0.25) is 4.79 Å². The highest BCUT2D eigenvalue weighted by Gasteiger charge is 2.36. The van der Waals surface area contributed by atoms with E-state index in [1.807, 2.05) is 36.4 Å². The average Bonchev–Trinajstić information content (AvgIpc) is 2.78. The molecule has 1 nitrogen and oxygen atoms in total. The van der Waals surface area contributed by atoms with E-state index in [0.717, 1.165) is 22.3 Å². The molecule has 4 aromatic rings. The van der Waals surface area contributed by atoms with E-state index in [0.29, 0.717) is 0 Å². The third kappa shape index (κ3) is 2.68. The number of rotatable bonds is 3. The van der Waals surface area contributed by atoms with Gasteiger partial charge < -0.3 is 0 Å². The highest BCUT2D eigenvalue weighted by Crippen LogP contribution is 2.47. The van der Waals surface area contributed by atoms with E-state index in [-0.39, 0.29) is 17.6 Å². The Balaban J connectivity index is 1.81. The van der Waals surface area contributed by atoms with Crippen LogP contribution in [0, 0.1) is 0 Å². The Labute approximate surface area is 165 Å². The monoisotopic (exact) mass is 360 g/mol. The molecule has 4 aromatic carbocycles. The number of ketones is 1. The molecule has 0 bridgehead atoms. The van der Waals surface area contributed by atoms with Crippen molar-refractivity contribution in [2.45, 2.75) is 11.8 Å². The first-order valence-corrected chi connectivity index (χ1v) is 9.67.